The van der Waals surface area contributed by atoms with Crippen LogP contribution in [0.4, 0.5) is 4.39 Å². The predicted octanol–water partition coefficient (Wildman–Crippen LogP) is 3.90. The summed E-state index contributed by atoms with van der Waals surface area (Å²) in [5.74, 6) is -0.167. The number of piperidine rings is 1. The second-order valence-corrected chi connectivity index (χ2v) is 7.68. The molecule has 2 amide bonds. The van der Waals surface area contributed by atoms with Crippen LogP contribution in [0.2, 0.25) is 0 Å². The number of hydrogen-bond donors (Lipinski definition) is 1. The van der Waals surface area contributed by atoms with Crippen LogP contribution in [-0.2, 0) is 6.61 Å². The fourth-order valence-corrected chi connectivity index (χ4v) is 3.70. The SMILES string of the molecule is N#Cc1ccccc1OCc1ccc(C(=O)NC2CCN(C(=O)c3ccccc3F)CC2)o1. The molecule has 2 aromatic carbocycles. The minimum absolute atomic E-state index is 0.0581. The third kappa shape index (κ3) is 5.21. The molecule has 1 aromatic heterocycles. The maximum Gasteiger partial charge on any atom is 0.287 e. The number of nitriles is 1. The Morgan fingerprint density at radius 1 is 1.09 bits per heavy atom. The summed E-state index contributed by atoms with van der Waals surface area (Å²) in [6, 6.07) is 18.0. The standard InChI is InChI=1S/C25H22FN3O4/c26-21-7-3-2-6-20(21)25(31)29-13-11-18(12-14-29)28-24(30)23-10-9-19(33-23)16-32-22-8-4-1-5-17(22)15-27/h1-10,18H,11-14,16H2,(H,28,30). The van der Waals surface area contributed by atoms with Gasteiger partial charge in [0.1, 0.15) is 30.0 Å². The Morgan fingerprint density at radius 3 is 2.58 bits per heavy atom. The second kappa shape index (κ2) is 10.0. The molecule has 0 spiro atoms. The summed E-state index contributed by atoms with van der Waals surface area (Å²) in [6.45, 7) is 0.934. The van der Waals surface area contributed by atoms with E-state index >= 15 is 0 Å². The normalized spacial score (nSPS) is 13.9. The van der Waals surface area contributed by atoms with E-state index in [-0.39, 0.29) is 35.8 Å². The van der Waals surface area contributed by atoms with Gasteiger partial charge >= 0.3 is 0 Å². The van der Waals surface area contributed by atoms with Gasteiger partial charge in [-0.25, -0.2) is 4.39 Å². The van der Waals surface area contributed by atoms with Gasteiger partial charge in [-0.1, -0.05) is 24.3 Å². The summed E-state index contributed by atoms with van der Waals surface area (Å²) in [5.41, 5.74) is 0.476. The van der Waals surface area contributed by atoms with Gasteiger partial charge < -0.3 is 19.4 Å². The number of furan rings is 1. The number of nitrogens with one attached hydrogen (secondary N) is 1. The van der Waals surface area contributed by atoms with Gasteiger partial charge in [0.15, 0.2) is 5.76 Å². The van der Waals surface area contributed by atoms with Gasteiger partial charge in [-0.05, 0) is 49.2 Å². The number of hydrogen-bond acceptors (Lipinski definition) is 5. The highest BCUT2D eigenvalue weighted by Gasteiger charge is 2.26. The van der Waals surface area contributed by atoms with Crippen molar-refractivity contribution >= 4 is 11.8 Å². The van der Waals surface area contributed by atoms with E-state index in [9.17, 15) is 14.0 Å². The number of likely N-dealkylation sites (tertiary alicyclic amines) is 1. The molecule has 1 aliphatic heterocycles. The molecule has 4 rings (SSSR count). The van der Waals surface area contributed by atoms with Gasteiger partial charge in [-0.15, -0.1) is 0 Å². The summed E-state index contributed by atoms with van der Waals surface area (Å²) in [7, 11) is 0. The first-order chi connectivity index (χ1) is 16.0. The second-order valence-electron chi connectivity index (χ2n) is 7.68. The molecular weight excluding hydrogens is 425 g/mol. The number of para-hydroxylation sites is 1. The van der Waals surface area contributed by atoms with E-state index < -0.39 is 5.82 Å². The van der Waals surface area contributed by atoms with E-state index in [4.69, 9.17) is 14.4 Å². The number of carbonyl (C=O) groups is 2. The van der Waals surface area contributed by atoms with Crippen LogP contribution in [0.1, 0.15) is 45.1 Å². The average Bonchev–Trinajstić information content (AvgIpc) is 3.32. The van der Waals surface area contributed by atoms with Crippen LogP contribution in [0.5, 0.6) is 5.75 Å². The van der Waals surface area contributed by atoms with E-state index in [1.54, 1.807) is 53.4 Å². The van der Waals surface area contributed by atoms with Gasteiger partial charge in [-0.3, -0.25) is 9.59 Å². The molecule has 8 heteroatoms. The van der Waals surface area contributed by atoms with Crippen molar-refractivity contribution in [2.24, 2.45) is 0 Å². The molecule has 1 fully saturated rings. The Hall–Kier alpha value is -4.12. The number of halogens is 1. The fraction of sp³-hybridized carbons (Fsp3) is 0.240. The van der Waals surface area contributed by atoms with Gasteiger partial charge in [0.05, 0.1) is 11.1 Å². The summed E-state index contributed by atoms with van der Waals surface area (Å²) >= 11 is 0. The lowest BCUT2D eigenvalue weighted by Crippen LogP contribution is -2.46. The summed E-state index contributed by atoms with van der Waals surface area (Å²) in [5, 5.41) is 12.0. The first-order valence-electron chi connectivity index (χ1n) is 10.6. The molecule has 0 atom stereocenters. The third-order valence-electron chi connectivity index (χ3n) is 5.48. The molecule has 2 heterocycles. The number of nitrogens with zero attached hydrogens (tertiary/aromatic N) is 2. The molecule has 7 nitrogen and oxygen atoms in total. The van der Waals surface area contributed by atoms with Gasteiger partial charge in [0.25, 0.3) is 11.8 Å². The topological polar surface area (TPSA) is 95.6 Å². The number of ether oxygens (including phenoxy) is 1. The Kier molecular flexibility index (Phi) is 6.69. The number of carbonyl (C=O) groups excluding carboxylic acids is 2. The molecular formula is C25H22FN3O4. The van der Waals surface area contributed by atoms with Gasteiger partial charge in [0.2, 0.25) is 0 Å². The van der Waals surface area contributed by atoms with Gasteiger partial charge in [-0.2, -0.15) is 5.26 Å². The Morgan fingerprint density at radius 2 is 1.82 bits per heavy atom. The molecule has 3 aromatic rings. The molecule has 33 heavy (non-hydrogen) atoms. The largest absolute Gasteiger partial charge is 0.484 e. The van der Waals surface area contributed by atoms with Crippen LogP contribution in [0.25, 0.3) is 0 Å². The molecule has 168 valence electrons. The zero-order valence-corrected chi connectivity index (χ0v) is 17.8. The lowest BCUT2D eigenvalue weighted by molar-refractivity contribution is 0.0691. The van der Waals surface area contributed by atoms with Crippen LogP contribution >= 0.6 is 0 Å². The van der Waals surface area contributed by atoms with Crippen molar-refractivity contribution < 1.29 is 23.1 Å². The van der Waals surface area contributed by atoms with Crippen molar-refractivity contribution in [2.45, 2.75) is 25.5 Å². The zero-order valence-electron chi connectivity index (χ0n) is 17.8. The van der Waals surface area contributed by atoms with Crippen LogP contribution in [0.15, 0.2) is 65.1 Å². The summed E-state index contributed by atoms with van der Waals surface area (Å²) in [4.78, 5) is 26.7. The first kappa shape index (κ1) is 22.1. The van der Waals surface area contributed by atoms with Crippen molar-refractivity contribution in [2.75, 3.05) is 13.1 Å². The smallest absolute Gasteiger partial charge is 0.287 e. The minimum Gasteiger partial charge on any atom is -0.484 e. The zero-order chi connectivity index (χ0) is 23.2. The highest BCUT2D eigenvalue weighted by molar-refractivity contribution is 5.94. The average molecular weight is 447 g/mol. The molecule has 0 unspecified atom stereocenters. The number of benzene rings is 2. The van der Waals surface area contributed by atoms with E-state index in [2.05, 4.69) is 11.4 Å². The monoisotopic (exact) mass is 447 g/mol. The van der Waals surface area contributed by atoms with E-state index in [0.717, 1.165) is 0 Å². The van der Waals surface area contributed by atoms with Crippen molar-refractivity contribution in [3.8, 4) is 11.8 Å². The van der Waals surface area contributed by atoms with Crippen molar-refractivity contribution in [1.82, 2.24) is 10.2 Å². The molecule has 1 aliphatic rings. The predicted molar refractivity (Wildman–Crippen MR) is 117 cm³/mol. The lowest BCUT2D eigenvalue weighted by Gasteiger charge is -2.32. The lowest BCUT2D eigenvalue weighted by atomic mass is 10.0. The summed E-state index contributed by atoms with van der Waals surface area (Å²) in [6.07, 6.45) is 1.13. The highest BCUT2D eigenvalue weighted by Crippen LogP contribution is 2.20. The van der Waals surface area contributed by atoms with Crippen molar-refractivity contribution in [1.29, 1.82) is 5.26 Å². The van der Waals surface area contributed by atoms with Crippen LogP contribution in [0, 0.1) is 17.1 Å². The van der Waals surface area contributed by atoms with Crippen LogP contribution in [0.3, 0.4) is 0 Å². The molecule has 1 N–H and O–H groups in total. The molecule has 0 aliphatic carbocycles. The van der Waals surface area contributed by atoms with E-state index in [0.29, 0.717) is 43.0 Å². The Labute approximate surface area is 190 Å². The number of amides is 2. The highest BCUT2D eigenvalue weighted by atomic mass is 19.1. The van der Waals surface area contributed by atoms with Gasteiger partial charge in [0, 0.05) is 19.1 Å². The Balaban J connectivity index is 1.27. The quantitative estimate of drug-likeness (QED) is 0.618. The van der Waals surface area contributed by atoms with Crippen LogP contribution in [-0.4, -0.2) is 35.8 Å². The maximum absolute atomic E-state index is 13.9. The third-order valence-corrected chi connectivity index (χ3v) is 5.48. The first-order valence-corrected chi connectivity index (χ1v) is 10.6. The van der Waals surface area contributed by atoms with Crippen molar-refractivity contribution in [3.05, 3.63) is 89.1 Å². The number of rotatable bonds is 6. The minimum atomic E-state index is -0.536. The van der Waals surface area contributed by atoms with E-state index in [1.165, 1.54) is 12.1 Å². The molecule has 0 saturated carbocycles. The van der Waals surface area contributed by atoms with Crippen LogP contribution < -0.4 is 10.1 Å². The fourth-order valence-electron chi connectivity index (χ4n) is 3.70. The molecule has 0 bridgehead atoms. The molecule has 0 radical (unpaired) electrons. The maximum atomic E-state index is 13.9. The van der Waals surface area contributed by atoms with E-state index in [1.807, 2.05) is 0 Å². The summed E-state index contributed by atoms with van der Waals surface area (Å²) < 4.78 is 25.1. The molecule has 1 saturated heterocycles. The Bertz CT molecular complexity index is 1190. The van der Waals surface area contributed by atoms with Crippen molar-refractivity contribution in [3.63, 3.8) is 0 Å².